The van der Waals surface area contributed by atoms with Crippen LogP contribution in [-0.4, -0.2) is 49.7 Å². The summed E-state index contributed by atoms with van der Waals surface area (Å²) in [4.78, 5) is 19.0. The van der Waals surface area contributed by atoms with Gasteiger partial charge in [-0.15, -0.1) is 0 Å². The van der Waals surface area contributed by atoms with Gasteiger partial charge in [0.1, 0.15) is 11.2 Å². The number of halogens is 5. The van der Waals surface area contributed by atoms with Crippen molar-refractivity contribution in [1.29, 1.82) is 0 Å². The maximum Gasteiger partial charge on any atom is 0.485 e. The van der Waals surface area contributed by atoms with Gasteiger partial charge in [0.2, 0.25) is 11.0 Å². The minimum atomic E-state index is -4.76. The third-order valence-corrected chi connectivity index (χ3v) is 10.4. The van der Waals surface area contributed by atoms with Crippen molar-refractivity contribution < 1.29 is 26.9 Å². The summed E-state index contributed by atoms with van der Waals surface area (Å²) in [5.41, 5.74) is -2.52. The molecule has 4 aromatic rings. The Morgan fingerprint density at radius 2 is 1.45 bits per heavy atom. The summed E-state index contributed by atoms with van der Waals surface area (Å²) in [7, 11) is -1.65. The van der Waals surface area contributed by atoms with Crippen LogP contribution >= 0.6 is 23.2 Å². The van der Waals surface area contributed by atoms with E-state index >= 15 is 0 Å². The Hall–Kier alpha value is -2.92. The predicted molar refractivity (Wildman–Crippen MR) is 165 cm³/mol. The molecular weight excluding hydrogens is 634 g/mol. The van der Waals surface area contributed by atoms with Gasteiger partial charge in [-0.05, 0) is 84.7 Å². The standard InChI is InChI=1S/C32H30Cl2F3N3O3S/c1-43-30(41)31(22-4-9-25(33)10-5-22,23-6-11-26(34)12-7-23)24-8-13-27-28(18-24)40(29(38-27)21-2-3-21)19-20-14-16-39(17-15-20)44(42)32(35,36)37/h4-13,18,20-21H,2-3,14-17,19H2,1H3. The molecule has 1 saturated heterocycles. The van der Waals surface area contributed by atoms with E-state index in [9.17, 15) is 22.2 Å². The third-order valence-electron chi connectivity index (χ3n) is 8.65. The highest BCUT2D eigenvalue weighted by Crippen LogP contribution is 2.45. The van der Waals surface area contributed by atoms with Crippen LogP contribution in [0.1, 0.15) is 54.1 Å². The van der Waals surface area contributed by atoms with Gasteiger partial charge in [-0.2, -0.15) is 13.2 Å². The lowest BCUT2D eigenvalue weighted by molar-refractivity contribution is -0.144. The van der Waals surface area contributed by atoms with Gasteiger partial charge in [0.05, 0.1) is 18.1 Å². The molecule has 2 aliphatic rings. The summed E-state index contributed by atoms with van der Waals surface area (Å²) in [5, 5.41) is 1.05. The number of benzene rings is 3. The minimum absolute atomic E-state index is 0.0768. The molecule has 44 heavy (non-hydrogen) atoms. The van der Waals surface area contributed by atoms with Gasteiger partial charge in [-0.25, -0.2) is 13.5 Å². The van der Waals surface area contributed by atoms with Gasteiger partial charge in [0.25, 0.3) is 0 Å². The third kappa shape index (κ3) is 5.77. The summed E-state index contributed by atoms with van der Waals surface area (Å²) in [6.45, 7) is 0.767. The fraction of sp³-hybridized carbons (Fsp3) is 0.375. The smallest absolute Gasteiger partial charge is 0.468 e. The molecule has 1 atom stereocenters. The number of ether oxygens (including phenoxy) is 1. The summed E-state index contributed by atoms with van der Waals surface area (Å²) in [6, 6.07) is 19.9. The normalized spacial score (nSPS) is 17.6. The number of fused-ring (bicyclic) bond motifs is 1. The molecule has 0 radical (unpaired) electrons. The molecule has 1 saturated carbocycles. The lowest BCUT2D eigenvalue weighted by Gasteiger charge is -2.33. The second-order valence-corrected chi connectivity index (χ2v) is 13.7. The number of imidazole rings is 1. The van der Waals surface area contributed by atoms with Gasteiger partial charge in [0.15, 0.2) is 0 Å². The zero-order valence-electron chi connectivity index (χ0n) is 23.8. The monoisotopic (exact) mass is 663 g/mol. The Morgan fingerprint density at radius 1 is 0.909 bits per heavy atom. The topological polar surface area (TPSA) is 64.4 Å². The molecule has 0 bridgehead atoms. The highest BCUT2D eigenvalue weighted by molar-refractivity contribution is 7.83. The molecule has 6 rings (SSSR count). The number of carbonyl (C=O) groups is 1. The van der Waals surface area contributed by atoms with Crippen molar-refractivity contribution in [1.82, 2.24) is 13.9 Å². The average Bonchev–Trinajstić information content (AvgIpc) is 3.80. The molecule has 2 fully saturated rings. The molecule has 2 heterocycles. The number of methoxy groups -OCH3 is 1. The Morgan fingerprint density at radius 3 is 1.95 bits per heavy atom. The van der Waals surface area contributed by atoms with Crippen LogP contribution in [0.2, 0.25) is 10.0 Å². The zero-order valence-corrected chi connectivity index (χ0v) is 26.1. The van der Waals surface area contributed by atoms with Crippen molar-refractivity contribution >= 4 is 51.2 Å². The highest BCUT2D eigenvalue weighted by Gasteiger charge is 2.46. The number of esters is 1. The van der Waals surface area contributed by atoms with E-state index in [4.69, 9.17) is 32.9 Å². The molecule has 1 aromatic heterocycles. The molecule has 6 nitrogen and oxygen atoms in total. The largest absolute Gasteiger partial charge is 0.485 e. The lowest BCUT2D eigenvalue weighted by Crippen LogP contribution is -2.41. The van der Waals surface area contributed by atoms with Crippen molar-refractivity contribution in [3.63, 3.8) is 0 Å². The molecule has 232 valence electrons. The Labute approximate surface area is 265 Å². The van der Waals surface area contributed by atoms with Crippen molar-refractivity contribution in [2.24, 2.45) is 5.92 Å². The first-order valence-electron chi connectivity index (χ1n) is 14.4. The molecule has 1 aliphatic carbocycles. The highest BCUT2D eigenvalue weighted by atomic mass is 35.5. The second kappa shape index (κ2) is 12.1. The van der Waals surface area contributed by atoms with Crippen LogP contribution < -0.4 is 0 Å². The van der Waals surface area contributed by atoms with Crippen molar-refractivity contribution in [2.75, 3.05) is 20.2 Å². The minimum Gasteiger partial charge on any atom is -0.468 e. The van der Waals surface area contributed by atoms with E-state index in [1.807, 2.05) is 42.5 Å². The number of aromatic nitrogens is 2. The maximum atomic E-state index is 14.0. The van der Waals surface area contributed by atoms with Crippen LogP contribution in [0.4, 0.5) is 13.2 Å². The van der Waals surface area contributed by atoms with Crippen molar-refractivity contribution in [3.8, 4) is 0 Å². The van der Waals surface area contributed by atoms with Crippen LogP contribution in [0.5, 0.6) is 0 Å². The number of piperidine rings is 1. The molecule has 0 N–H and O–H groups in total. The van der Waals surface area contributed by atoms with E-state index in [1.165, 1.54) is 7.11 Å². The number of nitrogens with zero attached hydrogens (tertiary/aromatic N) is 3. The molecular formula is C32H30Cl2F3N3O3S. The quantitative estimate of drug-likeness (QED) is 0.144. The Balaban J connectivity index is 1.45. The van der Waals surface area contributed by atoms with Crippen molar-refractivity contribution in [2.45, 2.75) is 49.1 Å². The predicted octanol–water partition coefficient (Wildman–Crippen LogP) is 7.62. The fourth-order valence-electron chi connectivity index (χ4n) is 6.29. The Kier molecular flexibility index (Phi) is 8.56. The molecule has 1 aliphatic heterocycles. The number of carbonyl (C=O) groups excluding carboxylic acids is 1. The van der Waals surface area contributed by atoms with Gasteiger partial charge in [0, 0.05) is 35.6 Å². The van der Waals surface area contributed by atoms with Crippen LogP contribution in [0, 0.1) is 5.92 Å². The van der Waals surface area contributed by atoms with Crippen LogP contribution in [0.3, 0.4) is 0 Å². The summed E-state index contributed by atoms with van der Waals surface area (Å²) >= 11 is 12.5. The lowest BCUT2D eigenvalue weighted by atomic mass is 9.69. The molecule has 1 unspecified atom stereocenters. The zero-order chi connectivity index (χ0) is 31.2. The first-order valence-corrected chi connectivity index (χ1v) is 16.2. The first-order chi connectivity index (χ1) is 21.0. The second-order valence-electron chi connectivity index (χ2n) is 11.4. The Bertz CT molecular complexity index is 1650. The molecule has 3 aromatic carbocycles. The molecule has 0 spiro atoms. The fourth-order valence-corrected chi connectivity index (χ4v) is 7.38. The molecule has 0 amide bonds. The van der Waals surface area contributed by atoms with Crippen LogP contribution in [0.15, 0.2) is 66.7 Å². The van der Waals surface area contributed by atoms with E-state index in [-0.39, 0.29) is 19.0 Å². The van der Waals surface area contributed by atoms with Gasteiger partial charge >= 0.3 is 11.5 Å². The van der Waals surface area contributed by atoms with E-state index in [1.54, 1.807) is 24.3 Å². The number of alkyl halides is 3. The van der Waals surface area contributed by atoms with Gasteiger partial charge < -0.3 is 9.30 Å². The average molecular weight is 665 g/mol. The number of hydrogen-bond donors (Lipinski definition) is 0. The van der Waals surface area contributed by atoms with E-state index in [0.29, 0.717) is 52.0 Å². The summed E-state index contributed by atoms with van der Waals surface area (Å²) in [5.74, 6) is 0.842. The maximum absolute atomic E-state index is 14.0. The van der Waals surface area contributed by atoms with Gasteiger partial charge in [-0.1, -0.05) is 53.5 Å². The summed E-state index contributed by atoms with van der Waals surface area (Å²) < 4.78 is 59.7. The van der Waals surface area contributed by atoms with Crippen LogP contribution in [-0.2, 0) is 32.5 Å². The van der Waals surface area contributed by atoms with E-state index < -0.39 is 27.9 Å². The van der Waals surface area contributed by atoms with Crippen molar-refractivity contribution in [3.05, 3.63) is 99.3 Å². The summed E-state index contributed by atoms with van der Waals surface area (Å²) in [6.07, 6.45) is 2.99. The van der Waals surface area contributed by atoms with Gasteiger partial charge in [-0.3, -0.25) is 4.79 Å². The SMILES string of the molecule is COC(=O)C(c1ccc(Cl)cc1)(c1ccc(Cl)cc1)c1ccc2nc(C3CC3)n(CC3CCN(S(=O)C(F)(F)F)CC3)c2c1. The van der Waals surface area contributed by atoms with Crippen LogP contribution in [0.25, 0.3) is 11.0 Å². The number of rotatable bonds is 8. The number of hydrogen-bond acceptors (Lipinski definition) is 4. The van der Waals surface area contributed by atoms with E-state index in [0.717, 1.165) is 34.0 Å². The first kappa shape index (κ1) is 31.1. The van der Waals surface area contributed by atoms with E-state index in [2.05, 4.69) is 4.57 Å². The molecule has 12 heteroatoms.